The van der Waals surface area contributed by atoms with Crippen molar-refractivity contribution in [2.24, 2.45) is 0 Å². The number of methoxy groups -OCH3 is 1. The van der Waals surface area contributed by atoms with Gasteiger partial charge < -0.3 is 14.4 Å². The highest BCUT2D eigenvalue weighted by molar-refractivity contribution is 5.95. The van der Waals surface area contributed by atoms with Crippen LogP contribution in [0, 0.1) is 17.0 Å². The number of hydrogen-bond acceptors (Lipinski definition) is 7. The number of carbonyl (C=O) groups excluding carboxylic acids is 1. The normalized spacial score (nSPS) is 16.4. The maximum atomic E-state index is 12.6. The largest absolute Gasteiger partial charge is 0.477 e. The number of nitro benzene ring substituents is 1. The Balaban J connectivity index is 1.69. The summed E-state index contributed by atoms with van der Waals surface area (Å²) in [4.78, 5) is 33.0. The maximum Gasteiger partial charge on any atom is 0.278 e. The van der Waals surface area contributed by atoms with Gasteiger partial charge in [0.25, 0.3) is 23.4 Å². The van der Waals surface area contributed by atoms with Gasteiger partial charge >= 0.3 is 0 Å². The molecule has 1 atom stereocenters. The molecule has 136 valence electrons. The summed E-state index contributed by atoms with van der Waals surface area (Å²) in [5, 5.41) is 11.1. The number of benzene rings is 1. The summed E-state index contributed by atoms with van der Waals surface area (Å²) in [6, 6.07) is 4.50. The van der Waals surface area contributed by atoms with Crippen molar-refractivity contribution in [1.82, 2.24) is 14.9 Å². The molecule has 1 aromatic heterocycles. The Labute approximate surface area is 149 Å². The first-order chi connectivity index (χ1) is 12.5. The van der Waals surface area contributed by atoms with Crippen LogP contribution in [0.2, 0.25) is 0 Å². The number of hydrogen-bond donors (Lipinski definition) is 0. The fraction of sp³-hybridized carbons (Fsp3) is 0.353. The molecule has 1 aliphatic heterocycles. The second kappa shape index (κ2) is 7.34. The number of amides is 1. The second-order valence-corrected chi connectivity index (χ2v) is 5.91. The minimum atomic E-state index is -0.484. The molecule has 1 unspecified atom stereocenters. The van der Waals surface area contributed by atoms with Crippen molar-refractivity contribution in [2.75, 3.05) is 20.2 Å². The molecular formula is C17H18N4O5. The predicted molar refractivity (Wildman–Crippen MR) is 91.4 cm³/mol. The van der Waals surface area contributed by atoms with Crippen molar-refractivity contribution in [3.63, 3.8) is 0 Å². The van der Waals surface area contributed by atoms with E-state index in [-0.39, 0.29) is 29.5 Å². The van der Waals surface area contributed by atoms with Crippen LogP contribution >= 0.6 is 0 Å². The van der Waals surface area contributed by atoms with Crippen LogP contribution in [0.1, 0.15) is 22.3 Å². The van der Waals surface area contributed by atoms with Gasteiger partial charge in [-0.15, -0.1) is 0 Å². The number of aromatic nitrogens is 2. The van der Waals surface area contributed by atoms with E-state index in [9.17, 15) is 14.9 Å². The Kier molecular flexibility index (Phi) is 4.97. The zero-order chi connectivity index (χ0) is 18.7. The molecule has 9 nitrogen and oxygen atoms in total. The fourth-order valence-corrected chi connectivity index (χ4v) is 2.82. The van der Waals surface area contributed by atoms with Crippen molar-refractivity contribution in [1.29, 1.82) is 0 Å². The zero-order valence-electron chi connectivity index (χ0n) is 14.4. The SMILES string of the molecule is COc1nccnc1OC1CCN(C(=O)c2ccc(C)c([N+](=O)[O-])c2)C1. The van der Waals surface area contributed by atoms with Gasteiger partial charge in [0, 0.05) is 42.6 Å². The number of rotatable bonds is 5. The minimum absolute atomic E-state index is 0.0628. The van der Waals surface area contributed by atoms with Gasteiger partial charge in [0.2, 0.25) is 0 Å². The van der Waals surface area contributed by atoms with Gasteiger partial charge in [-0.2, -0.15) is 0 Å². The van der Waals surface area contributed by atoms with E-state index in [1.54, 1.807) is 24.0 Å². The number of likely N-dealkylation sites (tertiary alicyclic amines) is 1. The smallest absolute Gasteiger partial charge is 0.278 e. The van der Waals surface area contributed by atoms with Gasteiger partial charge in [-0.1, -0.05) is 6.07 Å². The fourth-order valence-electron chi connectivity index (χ4n) is 2.82. The Hall–Kier alpha value is -3.23. The first-order valence-corrected chi connectivity index (χ1v) is 8.05. The molecule has 26 heavy (non-hydrogen) atoms. The van der Waals surface area contributed by atoms with Gasteiger partial charge in [0.15, 0.2) is 0 Å². The molecule has 3 rings (SSSR count). The predicted octanol–water partition coefficient (Wildman–Crippen LogP) is 2.00. The number of carbonyl (C=O) groups is 1. The summed E-state index contributed by atoms with van der Waals surface area (Å²) in [7, 11) is 1.48. The van der Waals surface area contributed by atoms with Gasteiger partial charge in [-0.25, -0.2) is 9.97 Å². The molecule has 0 radical (unpaired) electrons. The van der Waals surface area contributed by atoms with Crippen LogP contribution in [0.3, 0.4) is 0 Å². The van der Waals surface area contributed by atoms with Crippen LogP contribution in [-0.4, -0.2) is 52.0 Å². The third-order valence-corrected chi connectivity index (χ3v) is 4.19. The number of nitrogens with zero attached hydrogens (tertiary/aromatic N) is 4. The molecule has 1 amide bonds. The van der Waals surface area contributed by atoms with Crippen LogP contribution in [0.25, 0.3) is 0 Å². The van der Waals surface area contributed by atoms with Gasteiger partial charge in [-0.3, -0.25) is 14.9 Å². The van der Waals surface area contributed by atoms with Crippen molar-refractivity contribution >= 4 is 11.6 Å². The Morgan fingerprint density at radius 1 is 1.31 bits per heavy atom. The van der Waals surface area contributed by atoms with Crippen molar-refractivity contribution < 1.29 is 19.2 Å². The van der Waals surface area contributed by atoms with E-state index < -0.39 is 4.92 Å². The van der Waals surface area contributed by atoms with E-state index in [1.165, 1.54) is 25.6 Å². The van der Waals surface area contributed by atoms with E-state index in [0.717, 1.165) is 0 Å². The molecule has 0 saturated carbocycles. The van der Waals surface area contributed by atoms with Crippen LogP contribution in [0.5, 0.6) is 11.8 Å². The lowest BCUT2D eigenvalue weighted by Crippen LogP contribution is -2.31. The average molecular weight is 358 g/mol. The monoisotopic (exact) mass is 358 g/mol. The molecule has 2 heterocycles. The summed E-state index contributed by atoms with van der Waals surface area (Å²) < 4.78 is 10.9. The van der Waals surface area contributed by atoms with Crippen LogP contribution < -0.4 is 9.47 Å². The minimum Gasteiger partial charge on any atom is -0.477 e. The van der Waals surface area contributed by atoms with Gasteiger partial charge in [-0.05, 0) is 13.0 Å². The third-order valence-electron chi connectivity index (χ3n) is 4.19. The first kappa shape index (κ1) is 17.6. The van der Waals surface area contributed by atoms with Crippen LogP contribution in [-0.2, 0) is 0 Å². The zero-order valence-corrected chi connectivity index (χ0v) is 14.4. The summed E-state index contributed by atoms with van der Waals surface area (Å²) in [6.07, 6.45) is 3.38. The topological polar surface area (TPSA) is 108 Å². The van der Waals surface area contributed by atoms with Crippen molar-refractivity contribution in [3.05, 3.63) is 51.8 Å². The molecule has 0 spiro atoms. The summed E-state index contributed by atoms with van der Waals surface area (Å²) in [5.41, 5.74) is 0.746. The van der Waals surface area contributed by atoms with E-state index in [2.05, 4.69) is 9.97 Å². The van der Waals surface area contributed by atoms with Crippen molar-refractivity contribution in [2.45, 2.75) is 19.4 Å². The van der Waals surface area contributed by atoms with Gasteiger partial charge in [0.05, 0.1) is 18.6 Å². The molecule has 0 N–H and O–H groups in total. The molecule has 0 bridgehead atoms. The van der Waals surface area contributed by atoms with E-state index >= 15 is 0 Å². The average Bonchev–Trinajstić information content (AvgIpc) is 3.10. The first-order valence-electron chi connectivity index (χ1n) is 8.05. The van der Waals surface area contributed by atoms with E-state index in [0.29, 0.717) is 30.6 Å². The molecule has 1 aromatic carbocycles. The molecule has 1 aliphatic rings. The maximum absolute atomic E-state index is 12.6. The standard InChI is InChI=1S/C17H18N4O5/c1-11-3-4-12(9-14(11)21(23)24)17(22)20-8-5-13(10-20)26-16-15(25-2)18-6-7-19-16/h3-4,6-7,9,13H,5,8,10H2,1-2H3. The summed E-state index contributed by atoms with van der Waals surface area (Å²) >= 11 is 0. The van der Waals surface area contributed by atoms with E-state index in [4.69, 9.17) is 9.47 Å². The highest BCUT2D eigenvalue weighted by atomic mass is 16.6. The molecule has 9 heteroatoms. The van der Waals surface area contributed by atoms with Crippen LogP contribution in [0.4, 0.5) is 5.69 Å². The van der Waals surface area contributed by atoms with Gasteiger partial charge in [0.1, 0.15) is 6.10 Å². The Bertz CT molecular complexity index is 842. The lowest BCUT2D eigenvalue weighted by atomic mass is 10.1. The molecule has 0 aliphatic carbocycles. The molecular weight excluding hydrogens is 340 g/mol. The number of ether oxygens (including phenoxy) is 2. The highest BCUT2D eigenvalue weighted by Gasteiger charge is 2.30. The number of nitro groups is 1. The quantitative estimate of drug-likeness (QED) is 0.594. The number of aryl methyl sites for hydroxylation is 1. The molecule has 1 saturated heterocycles. The highest BCUT2D eigenvalue weighted by Crippen LogP contribution is 2.25. The Morgan fingerprint density at radius 2 is 2.04 bits per heavy atom. The lowest BCUT2D eigenvalue weighted by Gasteiger charge is -2.17. The lowest BCUT2D eigenvalue weighted by molar-refractivity contribution is -0.385. The van der Waals surface area contributed by atoms with Crippen molar-refractivity contribution in [3.8, 4) is 11.8 Å². The third kappa shape index (κ3) is 3.56. The summed E-state index contributed by atoms with van der Waals surface area (Å²) in [6.45, 7) is 2.49. The second-order valence-electron chi connectivity index (χ2n) is 5.91. The Morgan fingerprint density at radius 3 is 2.73 bits per heavy atom. The van der Waals surface area contributed by atoms with Crippen LogP contribution in [0.15, 0.2) is 30.6 Å². The summed E-state index contributed by atoms with van der Waals surface area (Å²) in [5.74, 6) is 0.303. The van der Waals surface area contributed by atoms with E-state index in [1.807, 2.05) is 0 Å². The molecule has 2 aromatic rings. The molecule has 1 fully saturated rings.